The molecule has 1 aromatic heterocycles. The second-order valence-electron chi connectivity index (χ2n) is 5.65. The van der Waals surface area contributed by atoms with E-state index in [1.54, 1.807) is 0 Å². The van der Waals surface area contributed by atoms with Crippen LogP contribution in [0.3, 0.4) is 0 Å². The Hall–Kier alpha value is -1.13. The molecule has 0 saturated carbocycles. The number of nitrogens with zero attached hydrogens (tertiary/aromatic N) is 2. The van der Waals surface area contributed by atoms with E-state index >= 15 is 0 Å². The van der Waals surface area contributed by atoms with Crippen molar-refractivity contribution in [1.29, 1.82) is 0 Å². The van der Waals surface area contributed by atoms with Gasteiger partial charge in [0, 0.05) is 42.7 Å². The Kier molecular flexibility index (Phi) is 3.71. The van der Waals surface area contributed by atoms with E-state index in [0.717, 1.165) is 25.1 Å². The molecule has 0 unspecified atom stereocenters. The lowest BCUT2D eigenvalue weighted by Gasteiger charge is -2.38. The average molecular weight is 262 g/mol. The minimum absolute atomic E-state index is 0.220. The van der Waals surface area contributed by atoms with Crippen molar-refractivity contribution < 1.29 is 9.84 Å². The minimum atomic E-state index is -0.220. The van der Waals surface area contributed by atoms with E-state index in [-0.39, 0.29) is 12.0 Å². The number of aromatic nitrogens is 1. The van der Waals surface area contributed by atoms with Crippen LogP contribution in [0, 0.1) is 12.8 Å². The van der Waals surface area contributed by atoms with Gasteiger partial charge in [-0.2, -0.15) is 0 Å². The Bertz CT molecular complexity index is 438. The first-order valence-electron chi connectivity index (χ1n) is 7.21. The van der Waals surface area contributed by atoms with Gasteiger partial charge in [-0.05, 0) is 38.3 Å². The molecule has 104 valence electrons. The predicted molar refractivity (Wildman–Crippen MR) is 74.3 cm³/mol. The SMILES string of the molecule is Cc1cc(N2CCC[C@@H]2[C@H]2COCC[C@H]2O)ccn1. The van der Waals surface area contributed by atoms with Gasteiger partial charge in [-0.3, -0.25) is 4.98 Å². The molecule has 0 aromatic carbocycles. The third kappa shape index (κ3) is 2.60. The molecular weight excluding hydrogens is 240 g/mol. The molecule has 0 radical (unpaired) electrons. The van der Waals surface area contributed by atoms with Gasteiger partial charge < -0.3 is 14.7 Å². The Labute approximate surface area is 114 Å². The quantitative estimate of drug-likeness (QED) is 0.882. The Morgan fingerprint density at radius 2 is 2.32 bits per heavy atom. The topological polar surface area (TPSA) is 45.6 Å². The molecular formula is C15H22N2O2. The molecule has 2 aliphatic rings. The monoisotopic (exact) mass is 262 g/mol. The summed E-state index contributed by atoms with van der Waals surface area (Å²) in [4.78, 5) is 6.69. The second-order valence-corrected chi connectivity index (χ2v) is 5.65. The molecule has 19 heavy (non-hydrogen) atoms. The number of aryl methyl sites for hydroxylation is 1. The normalized spacial score (nSPS) is 31.7. The van der Waals surface area contributed by atoms with Crippen molar-refractivity contribution in [3.63, 3.8) is 0 Å². The lowest BCUT2D eigenvalue weighted by Crippen LogP contribution is -2.46. The van der Waals surface area contributed by atoms with Crippen molar-refractivity contribution in [2.24, 2.45) is 5.92 Å². The standard InChI is InChI=1S/C15H22N2O2/c1-11-9-12(4-6-16-11)17-7-2-3-14(17)13-10-19-8-5-15(13)18/h4,6,9,13-15,18H,2-3,5,7-8,10H2,1H3/t13-,14-,15-/m1/s1. The number of pyridine rings is 1. The maximum atomic E-state index is 10.2. The third-order valence-corrected chi connectivity index (χ3v) is 4.37. The van der Waals surface area contributed by atoms with Crippen molar-refractivity contribution in [3.8, 4) is 0 Å². The summed E-state index contributed by atoms with van der Waals surface area (Å²) in [6.45, 7) is 4.47. The molecule has 0 bridgehead atoms. The van der Waals surface area contributed by atoms with Gasteiger partial charge in [0.2, 0.25) is 0 Å². The van der Waals surface area contributed by atoms with E-state index in [9.17, 15) is 5.11 Å². The molecule has 3 heterocycles. The first-order valence-corrected chi connectivity index (χ1v) is 7.21. The van der Waals surface area contributed by atoms with Gasteiger partial charge in [0.25, 0.3) is 0 Å². The largest absolute Gasteiger partial charge is 0.393 e. The summed E-state index contributed by atoms with van der Waals surface area (Å²) in [5, 5.41) is 10.2. The van der Waals surface area contributed by atoms with Crippen LogP contribution in [0.2, 0.25) is 0 Å². The number of rotatable bonds is 2. The highest BCUT2D eigenvalue weighted by Gasteiger charge is 2.37. The zero-order valence-electron chi connectivity index (χ0n) is 11.5. The first-order chi connectivity index (χ1) is 9.25. The number of hydrogen-bond donors (Lipinski definition) is 1. The van der Waals surface area contributed by atoms with E-state index in [4.69, 9.17) is 4.74 Å². The fourth-order valence-electron chi connectivity index (χ4n) is 3.38. The van der Waals surface area contributed by atoms with Crippen LogP contribution in [-0.4, -0.2) is 42.0 Å². The van der Waals surface area contributed by atoms with Crippen LogP contribution < -0.4 is 4.90 Å². The average Bonchev–Trinajstić information content (AvgIpc) is 2.88. The highest BCUT2D eigenvalue weighted by atomic mass is 16.5. The summed E-state index contributed by atoms with van der Waals surface area (Å²) in [5.74, 6) is 0.240. The van der Waals surface area contributed by atoms with Gasteiger partial charge in [0.1, 0.15) is 0 Å². The molecule has 0 amide bonds. The Balaban J connectivity index is 1.81. The van der Waals surface area contributed by atoms with Crippen molar-refractivity contribution in [2.75, 3.05) is 24.7 Å². The van der Waals surface area contributed by atoms with Crippen LogP contribution >= 0.6 is 0 Å². The predicted octanol–water partition coefficient (Wildman–Crippen LogP) is 1.76. The van der Waals surface area contributed by atoms with Crippen molar-refractivity contribution in [2.45, 2.75) is 38.3 Å². The van der Waals surface area contributed by atoms with Crippen molar-refractivity contribution >= 4 is 5.69 Å². The third-order valence-electron chi connectivity index (χ3n) is 4.37. The summed E-state index contributed by atoms with van der Waals surface area (Å²) in [7, 11) is 0. The van der Waals surface area contributed by atoms with Crippen molar-refractivity contribution in [1.82, 2.24) is 4.98 Å². The molecule has 2 saturated heterocycles. The van der Waals surface area contributed by atoms with Gasteiger partial charge in [0.05, 0.1) is 12.7 Å². The number of aliphatic hydroxyl groups excluding tert-OH is 1. The Morgan fingerprint density at radius 1 is 1.42 bits per heavy atom. The zero-order chi connectivity index (χ0) is 13.2. The van der Waals surface area contributed by atoms with Crippen molar-refractivity contribution in [3.05, 3.63) is 24.0 Å². The summed E-state index contributed by atoms with van der Waals surface area (Å²) in [5.41, 5.74) is 2.27. The molecule has 1 aromatic rings. The van der Waals surface area contributed by atoms with Crippen LogP contribution in [0.5, 0.6) is 0 Å². The van der Waals surface area contributed by atoms with E-state index in [1.807, 2.05) is 13.1 Å². The molecule has 4 heteroatoms. The van der Waals surface area contributed by atoms with Crippen LogP contribution in [0.4, 0.5) is 5.69 Å². The number of anilines is 1. The van der Waals surface area contributed by atoms with Crippen LogP contribution in [0.25, 0.3) is 0 Å². The summed E-state index contributed by atoms with van der Waals surface area (Å²) < 4.78 is 5.57. The van der Waals surface area contributed by atoms with E-state index in [1.165, 1.54) is 12.1 Å². The molecule has 3 atom stereocenters. The van der Waals surface area contributed by atoms with E-state index in [2.05, 4.69) is 22.0 Å². The molecule has 0 spiro atoms. The molecule has 2 fully saturated rings. The smallest absolute Gasteiger partial charge is 0.0632 e. The Morgan fingerprint density at radius 3 is 3.11 bits per heavy atom. The highest BCUT2D eigenvalue weighted by Crippen LogP contribution is 2.33. The van der Waals surface area contributed by atoms with Gasteiger partial charge in [-0.1, -0.05) is 0 Å². The van der Waals surface area contributed by atoms with E-state index < -0.39 is 0 Å². The van der Waals surface area contributed by atoms with E-state index in [0.29, 0.717) is 19.3 Å². The van der Waals surface area contributed by atoms with Crippen LogP contribution in [-0.2, 0) is 4.74 Å². The maximum Gasteiger partial charge on any atom is 0.0632 e. The lowest BCUT2D eigenvalue weighted by atomic mass is 9.89. The number of hydrogen-bond acceptors (Lipinski definition) is 4. The number of aliphatic hydroxyl groups is 1. The molecule has 4 nitrogen and oxygen atoms in total. The van der Waals surface area contributed by atoms with Gasteiger partial charge >= 0.3 is 0 Å². The summed E-state index contributed by atoms with van der Waals surface area (Å²) in [6, 6.07) is 4.60. The minimum Gasteiger partial charge on any atom is -0.393 e. The van der Waals surface area contributed by atoms with Gasteiger partial charge in [0.15, 0.2) is 0 Å². The van der Waals surface area contributed by atoms with Crippen LogP contribution in [0.15, 0.2) is 18.3 Å². The molecule has 2 aliphatic heterocycles. The van der Waals surface area contributed by atoms with Gasteiger partial charge in [-0.15, -0.1) is 0 Å². The summed E-state index contributed by atoms with van der Waals surface area (Å²) >= 11 is 0. The van der Waals surface area contributed by atoms with Crippen LogP contribution in [0.1, 0.15) is 25.0 Å². The lowest BCUT2D eigenvalue weighted by molar-refractivity contribution is -0.0437. The highest BCUT2D eigenvalue weighted by molar-refractivity contribution is 5.48. The number of ether oxygens (including phenoxy) is 1. The zero-order valence-corrected chi connectivity index (χ0v) is 11.5. The summed E-state index contributed by atoms with van der Waals surface area (Å²) in [6.07, 6.45) is 4.75. The molecule has 1 N–H and O–H groups in total. The fourth-order valence-corrected chi connectivity index (χ4v) is 3.38. The second kappa shape index (κ2) is 5.47. The molecule has 3 rings (SSSR count). The molecule has 0 aliphatic carbocycles. The fraction of sp³-hybridized carbons (Fsp3) is 0.667. The first kappa shape index (κ1) is 12.9. The maximum absolute atomic E-state index is 10.2. The van der Waals surface area contributed by atoms with Gasteiger partial charge in [-0.25, -0.2) is 0 Å².